The maximum atomic E-state index is 9.00. The second-order valence-corrected chi connectivity index (χ2v) is 4.86. The molecule has 0 saturated carbocycles. The Morgan fingerprint density at radius 1 is 0.913 bits per heavy atom. The maximum Gasteiger partial charge on any atom is 0.130 e. The molecule has 1 heterocycles. The fourth-order valence-corrected chi connectivity index (χ4v) is 2.27. The van der Waals surface area contributed by atoms with E-state index in [1.807, 2.05) is 79.0 Å². The van der Waals surface area contributed by atoms with Crippen LogP contribution in [-0.4, -0.2) is 9.78 Å². The molecule has 0 saturated heterocycles. The van der Waals surface area contributed by atoms with E-state index in [1.54, 1.807) is 10.8 Å². The molecule has 2 aromatic carbocycles. The lowest BCUT2D eigenvalue weighted by Crippen LogP contribution is -1.93. The summed E-state index contributed by atoms with van der Waals surface area (Å²) in [6.07, 6.45) is 3.39. The van der Waals surface area contributed by atoms with Crippen molar-refractivity contribution in [3.05, 3.63) is 78.0 Å². The van der Waals surface area contributed by atoms with Crippen LogP contribution in [0.2, 0.25) is 0 Å². The predicted octanol–water partition coefficient (Wildman–Crippen LogP) is 3.97. The summed E-state index contributed by atoms with van der Waals surface area (Å²) < 4.78 is 1.75. The topological polar surface area (TPSA) is 65.4 Å². The van der Waals surface area contributed by atoms with Crippen LogP contribution in [0.3, 0.4) is 0 Å². The van der Waals surface area contributed by atoms with Crippen LogP contribution in [0.5, 0.6) is 0 Å². The minimum Gasteiger partial charge on any atom is -0.240 e. The molecule has 0 bridgehead atoms. The molecule has 4 heteroatoms. The van der Waals surface area contributed by atoms with Gasteiger partial charge in [-0.2, -0.15) is 15.6 Å². The highest BCUT2D eigenvalue weighted by atomic mass is 15.3. The first kappa shape index (κ1) is 14.3. The van der Waals surface area contributed by atoms with Crippen molar-refractivity contribution in [3.63, 3.8) is 0 Å². The first-order chi connectivity index (χ1) is 11.3. The zero-order valence-electron chi connectivity index (χ0n) is 12.2. The van der Waals surface area contributed by atoms with Gasteiger partial charge in [0.25, 0.3) is 0 Å². The van der Waals surface area contributed by atoms with Crippen molar-refractivity contribution in [2.75, 3.05) is 0 Å². The summed E-state index contributed by atoms with van der Waals surface area (Å²) in [6.45, 7) is 0. The number of aromatic nitrogens is 2. The monoisotopic (exact) mass is 296 g/mol. The molecule has 3 rings (SSSR count). The molecule has 23 heavy (non-hydrogen) atoms. The second kappa shape index (κ2) is 6.43. The van der Waals surface area contributed by atoms with Gasteiger partial charge in [0.05, 0.1) is 5.69 Å². The third-order valence-corrected chi connectivity index (χ3v) is 3.35. The lowest BCUT2D eigenvalue weighted by Gasteiger charge is -2.00. The number of benzene rings is 2. The van der Waals surface area contributed by atoms with Crippen LogP contribution in [0.25, 0.3) is 23.0 Å². The highest BCUT2D eigenvalue weighted by Crippen LogP contribution is 2.25. The minimum atomic E-state index is 0.0507. The molecule has 4 nitrogen and oxygen atoms in total. The van der Waals surface area contributed by atoms with Gasteiger partial charge in [0, 0.05) is 17.3 Å². The molecular weight excluding hydrogens is 284 g/mol. The van der Waals surface area contributed by atoms with Crippen molar-refractivity contribution in [2.24, 2.45) is 0 Å². The largest absolute Gasteiger partial charge is 0.240 e. The number of allylic oxidation sites excluding steroid dienone is 1. The quantitative estimate of drug-likeness (QED) is 0.687. The number of nitrogens with zero attached hydrogens (tertiary/aromatic N) is 4. The first-order valence-corrected chi connectivity index (χ1v) is 7.04. The maximum absolute atomic E-state index is 9.00. The van der Waals surface area contributed by atoms with Crippen LogP contribution in [-0.2, 0) is 0 Å². The predicted molar refractivity (Wildman–Crippen MR) is 88.2 cm³/mol. The smallest absolute Gasteiger partial charge is 0.130 e. The van der Waals surface area contributed by atoms with Crippen molar-refractivity contribution in [3.8, 4) is 29.1 Å². The van der Waals surface area contributed by atoms with Crippen molar-refractivity contribution in [1.29, 1.82) is 10.5 Å². The Morgan fingerprint density at radius 3 is 2.13 bits per heavy atom. The Labute approximate surface area is 134 Å². The molecule has 0 aliphatic rings. The van der Waals surface area contributed by atoms with E-state index in [0.29, 0.717) is 0 Å². The molecule has 0 spiro atoms. The molecule has 0 amide bonds. The van der Waals surface area contributed by atoms with Crippen LogP contribution < -0.4 is 0 Å². The molecule has 0 aliphatic carbocycles. The summed E-state index contributed by atoms with van der Waals surface area (Å²) in [5.41, 5.74) is 3.37. The van der Waals surface area contributed by atoms with Gasteiger partial charge in [0.1, 0.15) is 23.4 Å². The van der Waals surface area contributed by atoms with E-state index in [1.165, 1.54) is 0 Å². The highest BCUT2D eigenvalue weighted by molar-refractivity contribution is 5.75. The normalized spacial score (nSPS) is 9.65. The first-order valence-electron chi connectivity index (χ1n) is 7.04. The fourth-order valence-electron chi connectivity index (χ4n) is 2.27. The summed E-state index contributed by atoms with van der Waals surface area (Å²) >= 11 is 0. The van der Waals surface area contributed by atoms with Crippen molar-refractivity contribution < 1.29 is 0 Å². The molecule has 0 aliphatic heterocycles. The molecule has 1 aromatic heterocycles. The zero-order chi connectivity index (χ0) is 16.1. The van der Waals surface area contributed by atoms with Gasteiger partial charge < -0.3 is 0 Å². The number of hydrogen-bond acceptors (Lipinski definition) is 3. The van der Waals surface area contributed by atoms with E-state index in [2.05, 4.69) is 5.10 Å². The molecule has 108 valence electrons. The fraction of sp³-hybridized carbons (Fsp3) is 0. The molecule has 0 unspecified atom stereocenters. The lowest BCUT2D eigenvalue weighted by atomic mass is 10.1. The van der Waals surface area contributed by atoms with E-state index >= 15 is 0 Å². The van der Waals surface area contributed by atoms with Gasteiger partial charge in [-0.05, 0) is 18.2 Å². The van der Waals surface area contributed by atoms with Crippen molar-refractivity contribution in [1.82, 2.24) is 9.78 Å². The average molecular weight is 296 g/mol. The highest BCUT2D eigenvalue weighted by Gasteiger charge is 2.11. The molecule has 3 aromatic rings. The standard InChI is InChI=1S/C19H12N4/c20-12-15(13-21)11-17-14-23(18-9-5-2-6-10-18)22-19(17)16-7-3-1-4-8-16/h1-11,14H. The van der Waals surface area contributed by atoms with Crippen LogP contribution in [0.15, 0.2) is 72.4 Å². The summed E-state index contributed by atoms with van der Waals surface area (Å²) in [4.78, 5) is 0. The summed E-state index contributed by atoms with van der Waals surface area (Å²) in [7, 11) is 0. The van der Waals surface area contributed by atoms with Gasteiger partial charge in [-0.25, -0.2) is 4.68 Å². The van der Waals surface area contributed by atoms with Gasteiger partial charge in [0.15, 0.2) is 0 Å². The van der Waals surface area contributed by atoms with Crippen molar-refractivity contribution >= 4 is 6.08 Å². The van der Waals surface area contributed by atoms with E-state index in [9.17, 15) is 0 Å². The Balaban J connectivity index is 2.18. The summed E-state index contributed by atoms with van der Waals surface area (Å²) in [5.74, 6) is 0. The molecule has 0 N–H and O–H groups in total. The Kier molecular flexibility index (Phi) is 4.00. The molecule has 0 atom stereocenters. The second-order valence-electron chi connectivity index (χ2n) is 4.86. The molecular formula is C19H12N4. The van der Waals surface area contributed by atoms with E-state index in [4.69, 9.17) is 10.5 Å². The Hall–Kier alpha value is -3.63. The number of hydrogen-bond donors (Lipinski definition) is 0. The van der Waals surface area contributed by atoms with Crippen LogP contribution in [0, 0.1) is 22.7 Å². The molecule has 0 fully saturated rings. The third kappa shape index (κ3) is 3.02. The third-order valence-electron chi connectivity index (χ3n) is 3.35. The van der Waals surface area contributed by atoms with Crippen LogP contribution in [0.4, 0.5) is 0 Å². The van der Waals surface area contributed by atoms with Crippen LogP contribution >= 0.6 is 0 Å². The number of rotatable bonds is 3. The van der Waals surface area contributed by atoms with E-state index in [0.717, 1.165) is 22.5 Å². The SMILES string of the molecule is N#CC(C#N)=Cc1cn(-c2ccccc2)nc1-c1ccccc1. The van der Waals surface area contributed by atoms with Crippen LogP contribution in [0.1, 0.15) is 5.56 Å². The van der Waals surface area contributed by atoms with Crippen molar-refractivity contribution in [2.45, 2.75) is 0 Å². The molecule has 0 radical (unpaired) electrons. The Morgan fingerprint density at radius 2 is 1.52 bits per heavy atom. The Bertz CT molecular complexity index is 907. The summed E-state index contributed by atoms with van der Waals surface area (Å²) in [5, 5.41) is 22.6. The summed E-state index contributed by atoms with van der Waals surface area (Å²) in [6, 6.07) is 23.2. The average Bonchev–Trinajstić information content (AvgIpc) is 3.05. The van der Waals surface area contributed by atoms with E-state index in [-0.39, 0.29) is 5.57 Å². The zero-order valence-corrected chi connectivity index (χ0v) is 12.2. The minimum absolute atomic E-state index is 0.0507. The lowest BCUT2D eigenvalue weighted by molar-refractivity contribution is 0.884. The van der Waals surface area contributed by atoms with Gasteiger partial charge in [-0.1, -0.05) is 48.5 Å². The van der Waals surface area contributed by atoms with Gasteiger partial charge >= 0.3 is 0 Å². The van der Waals surface area contributed by atoms with E-state index < -0.39 is 0 Å². The van der Waals surface area contributed by atoms with Gasteiger partial charge in [0.2, 0.25) is 0 Å². The van der Waals surface area contributed by atoms with Gasteiger partial charge in [-0.3, -0.25) is 0 Å². The number of nitriles is 2. The van der Waals surface area contributed by atoms with Gasteiger partial charge in [-0.15, -0.1) is 0 Å². The number of para-hydroxylation sites is 1.